The van der Waals surface area contributed by atoms with Crippen LogP contribution in [0.5, 0.6) is 5.75 Å². The summed E-state index contributed by atoms with van der Waals surface area (Å²) in [5, 5.41) is 12.4. The molecule has 2 N–H and O–H groups in total. The molecule has 0 radical (unpaired) electrons. The summed E-state index contributed by atoms with van der Waals surface area (Å²) in [5.74, 6) is 0.0268. The lowest BCUT2D eigenvalue weighted by Crippen LogP contribution is -2.13. The summed E-state index contributed by atoms with van der Waals surface area (Å²) < 4.78 is 0.879. The van der Waals surface area contributed by atoms with Crippen LogP contribution in [0.25, 0.3) is 0 Å². The maximum atomic E-state index is 12.1. The lowest BCUT2D eigenvalue weighted by Gasteiger charge is -2.08. The Labute approximate surface area is 119 Å². The molecule has 2 aromatic rings. The zero-order valence-corrected chi connectivity index (χ0v) is 12.2. The number of nitrogens with zero attached hydrogens (tertiary/aromatic N) is 1. The first-order valence-corrected chi connectivity index (χ1v) is 6.50. The van der Waals surface area contributed by atoms with Crippen molar-refractivity contribution in [2.75, 3.05) is 5.32 Å². The van der Waals surface area contributed by atoms with Gasteiger partial charge in [-0.25, -0.2) is 4.98 Å². The normalized spacial score (nSPS) is 10.3. The molecule has 19 heavy (non-hydrogen) atoms. The van der Waals surface area contributed by atoms with E-state index >= 15 is 0 Å². The predicted octanol–water partition coefficient (Wildman–Crippen LogP) is 3.42. The van der Waals surface area contributed by atoms with Crippen LogP contribution in [-0.4, -0.2) is 16.0 Å². The number of aryl methyl sites for hydroxylation is 2. The molecule has 0 spiro atoms. The highest BCUT2D eigenvalue weighted by Gasteiger charge is 2.12. The van der Waals surface area contributed by atoms with Gasteiger partial charge in [-0.1, -0.05) is 11.6 Å². The monoisotopic (exact) mass is 320 g/mol. The van der Waals surface area contributed by atoms with E-state index in [0.29, 0.717) is 5.82 Å². The van der Waals surface area contributed by atoms with Gasteiger partial charge in [-0.05, 0) is 53.5 Å². The molecule has 0 aliphatic carbocycles. The first-order chi connectivity index (χ1) is 8.97. The third-order valence-corrected chi connectivity index (χ3v) is 3.52. The third-order valence-electron chi connectivity index (χ3n) is 2.69. The van der Waals surface area contributed by atoms with Crippen LogP contribution in [0.15, 0.2) is 34.9 Å². The highest BCUT2D eigenvalue weighted by atomic mass is 79.9. The van der Waals surface area contributed by atoms with Crippen LogP contribution in [-0.2, 0) is 0 Å². The lowest BCUT2D eigenvalue weighted by molar-refractivity contribution is 0.102. The number of anilines is 1. The van der Waals surface area contributed by atoms with Crippen molar-refractivity contribution < 1.29 is 9.90 Å². The van der Waals surface area contributed by atoms with E-state index in [1.165, 1.54) is 6.07 Å². The number of hydrogen-bond acceptors (Lipinski definition) is 3. The number of aromatic hydroxyl groups is 1. The largest absolute Gasteiger partial charge is 0.507 e. The Hall–Kier alpha value is -1.88. The number of carbonyl (C=O) groups excluding carboxylic acids is 1. The Morgan fingerprint density at radius 1 is 1.32 bits per heavy atom. The van der Waals surface area contributed by atoms with Gasteiger partial charge in [0.15, 0.2) is 0 Å². The van der Waals surface area contributed by atoms with Crippen LogP contribution in [0, 0.1) is 13.8 Å². The number of benzene rings is 1. The van der Waals surface area contributed by atoms with Crippen LogP contribution in [0.4, 0.5) is 5.82 Å². The third kappa shape index (κ3) is 3.12. The number of halogens is 1. The van der Waals surface area contributed by atoms with Gasteiger partial charge in [0.2, 0.25) is 0 Å². The van der Waals surface area contributed by atoms with Crippen molar-refractivity contribution in [1.82, 2.24) is 4.98 Å². The van der Waals surface area contributed by atoms with E-state index in [4.69, 9.17) is 0 Å². The molecule has 0 unspecified atom stereocenters. The average Bonchev–Trinajstić information content (AvgIpc) is 2.36. The van der Waals surface area contributed by atoms with Crippen molar-refractivity contribution >= 4 is 27.7 Å². The fourth-order valence-corrected chi connectivity index (χ4v) is 1.84. The van der Waals surface area contributed by atoms with Gasteiger partial charge in [-0.3, -0.25) is 4.79 Å². The molecule has 1 amide bonds. The maximum absolute atomic E-state index is 12.1. The lowest BCUT2D eigenvalue weighted by atomic mass is 10.1. The summed E-state index contributed by atoms with van der Waals surface area (Å²) in [6.07, 6.45) is 1.63. The van der Waals surface area contributed by atoms with E-state index in [1.807, 2.05) is 13.8 Å². The Morgan fingerprint density at radius 3 is 2.74 bits per heavy atom. The zero-order valence-electron chi connectivity index (χ0n) is 10.6. The number of rotatable bonds is 2. The average molecular weight is 321 g/mol. The maximum Gasteiger partial charge on any atom is 0.260 e. The molecule has 0 atom stereocenters. The Morgan fingerprint density at radius 2 is 2.05 bits per heavy atom. The van der Waals surface area contributed by atoms with Crippen LogP contribution < -0.4 is 5.32 Å². The molecular formula is C14H13BrN2O2. The topological polar surface area (TPSA) is 62.2 Å². The first-order valence-electron chi connectivity index (χ1n) is 5.70. The van der Waals surface area contributed by atoms with Gasteiger partial charge in [0, 0.05) is 10.7 Å². The van der Waals surface area contributed by atoms with Crippen molar-refractivity contribution in [2.24, 2.45) is 0 Å². The van der Waals surface area contributed by atoms with Crippen LogP contribution in [0.3, 0.4) is 0 Å². The van der Waals surface area contributed by atoms with Gasteiger partial charge in [0.05, 0.1) is 5.56 Å². The van der Waals surface area contributed by atoms with Crippen LogP contribution in [0.2, 0.25) is 0 Å². The number of carbonyl (C=O) groups is 1. The van der Waals surface area contributed by atoms with Crippen molar-refractivity contribution in [3.63, 3.8) is 0 Å². The molecular weight excluding hydrogens is 308 g/mol. The van der Waals surface area contributed by atoms with Gasteiger partial charge in [0.1, 0.15) is 11.6 Å². The Kier molecular flexibility index (Phi) is 3.85. The van der Waals surface area contributed by atoms with Crippen molar-refractivity contribution in [3.8, 4) is 5.75 Å². The van der Waals surface area contributed by atoms with Crippen LogP contribution >= 0.6 is 15.9 Å². The van der Waals surface area contributed by atoms with Crippen molar-refractivity contribution in [1.29, 1.82) is 0 Å². The number of phenolic OH excluding ortho intramolecular Hbond substituents is 1. The standard InChI is InChI=1S/C14H13BrN2O2/c1-8-3-4-12(18)10(5-8)14(19)17-13-6-9(2)11(15)7-16-13/h3-7,18H,1-2H3,(H,16,17,19). The van der Waals surface area contributed by atoms with Gasteiger partial charge < -0.3 is 10.4 Å². The van der Waals surface area contributed by atoms with Gasteiger partial charge in [0.25, 0.3) is 5.91 Å². The number of pyridine rings is 1. The van der Waals surface area contributed by atoms with Gasteiger partial charge in [-0.2, -0.15) is 0 Å². The van der Waals surface area contributed by atoms with Crippen molar-refractivity contribution in [3.05, 3.63) is 51.6 Å². The smallest absolute Gasteiger partial charge is 0.260 e. The molecule has 1 aromatic carbocycles. The fourth-order valence-electron chi connectivity index (χ4n) is 1.62. The predicted molar refractivity (Wildman–Crippen MR) is 77.5 cm³/mol. The molecule has 2 rings (SSSR count). The first kappa shape index (κ1) is 13.5. The molecule has 0 aliphatic heterocycles. The molecule has 0 aliphatic rings. The zero-order chi connectivity index (χ0) is 14.0. The van der Waals surface area contributed by atoms with Crippen LogP contribution in [0.1, 0.15) is 21.5 Å². The number of hydrogen-bond donors (Lipinski definition) is 2. The number of aromatic nitrogens is 1. The molecule has 0 bridgehead atoms. The fraction of sp³-hybridized carbons (Fsp3) is 0.143. The van der Waals surface area contributed by atoms with E-state index in [9.17, 15) is 9.90 Å². The molecule has 0 saturated carbocycles. The minimum absolute atomic E-state index is 0.0445. The molecule has 0 saturated heterocycles. The van der Waals surface area contributed by atoms with E-state index in [-0.39, 0.29) is 17.2 Å². The second-order valence-electron chi connectivity index (χ2n) is 4.29. The minimum Gasteiger partial charge on any atom is -0.507 e. The van der Waals surface area contributed by atoms with E-state index in [2.05, 4.69) is 26.2 Å². The van der Waals surface area contributed by atoms with E-state index in [1.54, 1.807) is 24.4 Å². The quantitative estimate of drug-likeness (QED) is 0.891. The summed E-state index contributed by atoms with van der Waals surface area (Å²) >= 11 is 3.35. The Balaban J connectivity index is 2.25. The highest BCUT2D eigenvalue weighted by molar-refractivity contribution is 9.10. The summed E-state index contributed by atoms with van der Waals surface area (Å²) in [6.45, 7) is 3.77. The molecule has 1 heterocycles. The summed E-state index contributed by atoms with van der Waals surface area (Å²) in [7, 11) is 0. The van der Waals surface area contributed by atoms with E-state index in [0.717, 1.165) is 15.6 Å². The highest BCUT2D eigenvalue weighted by Crippen LogP contribution is 2.21. The van der Waals surface area contributed by atoms with Crippen molar-refractivity contribution in [2.45, 2.75) is 13.8 Å². The SMILES string of the molecule is Cc1ccc(O)c(C(=O)Nc2cc(C)c(Br)cn2)c1. The molecule has 98 valence electrons. The summed E-state index contributed by atoms with van der Waals surface area (Å²) in [5.41, 5.74) is 2.11. The number of nitrogens with one attached hydrogen (secondary N) is 1. The summed E-state index contributed by atoms with van der Waals surface area (Å²) in [6, 6.07) is 6.64. The molecule has 4 nitrogen and oxygen atoms in total. The minimum atomic E-state index is -0.379. The number of phenols is 1. The molecule has 1 aromatic heterocycles. The molecule has 5 heteroatoms. The summed E-state index contributed by atoms with van der Waals surface area (Å²) in [4.78, 5) is 16.2. The number of amides is 1. The second-order valence-corrected chi connectivity index (χ2v) is 5.15. The Bertz CT molecular complexity index is 641. The molecule has 0 fully saturated rings. The van der Waals surface area contributed by atoms with Gasteiger partial charge in [-0.15, -0.1) is 0 Å². The second kappa shape index (κ2) is 5.40. The van der Waals surface area contributed by atoms with Gasteiger partial charge >= 0.3 is 0 Å². The van der Waals surface area contributed by atoms with E-state index < -0.39 is 0 Å².